The van der Waals surface area contributed by atoms with Crippen LogP contribution in [0, 0.1) is 0 Å². The van der Waals surface area contributed by atoms with Gasteiger partial charge >= 0.3 is 0 Å². The van der Waals surface area contributed by atoms with Crippen molar-refractivity contribution in [2.24, 2.45) is 0 Å². The molecular weight excluding hydrogens is 509 g/mol. The van der Waals surface area contributed by atoms with E-state index in [0.29, 0.717) is 30.0 Å². The van der Waals surface area contributed by atoms with E-state index >= 15 is 0 Å². The topological polar surface area (TPSA) is 59.1 Å². The first-order valence-corrected chi connectivity index (χ1v) is 12.6. The SMILES string of the molecule is COc1ccccc1/C=C1\SC(=S)N(CCN2C(=O)/C(=C/c3ccccc3OC)SC2=S)C1=O. The van der Waals surface area contributed by atoms with Crippen LogP contribution in [0.2, 0.25) is 0 Å². The Morgan fingerprint density at radius 2 is 1.12 bits per heavy atom. The van der Waals surface area contributed by atoms with Crippen LogP contribution in [-0.2, 0) is 9.59 Å². The van der Waals surface area contributed by atoms with Crippen LogP contribution in [0.5, 0.6) is 11.5 Å². The highest BCUT2D eigenvalue weighted by Crippen LogP contribution is 2.36. The minimum absolute atomic E-state index is 0.198. The van der Waals surface area contributed by atoms with Crippen molar-refractivity contribution < 1.29 is 19.1 Å². The minimum atomic E-state index is -0.198. The van der Waals surface area contributed by atoms with Gasteiger partial charge < -0.3 is 9.47 Å². The maximum Gasteiger partial charge on any atom is 0.266 e. The molecule has 0 bridgehead atoms. The van der Waals surface area contributed by atoms with Gasteiger partial charge in [0.2, 0.25) is 0 Å². The summed E-state index contributed by atoms with van der Waals surface area (Å²) in [6.45, 7) is 0.505. The molecule has 2 amide bonds. The number of amides is 2. The molecule has 2 aliphatic heterocycles. The van der Waals surface area contributed by atoms with Crippen molar-refractivity contribution >= 4 is 80.6 Å². The summed E-state index contributed by atoms with van der Waals surface area (Å²) < 4.78 is 11.6. The van der Waals surface area contributed by atoms with Crippen LogP contribution >= 0.6 is 48.0 Å². The molecule has 0 unspecified atom stereocenters. The molecule has 0 aromatic heterocycles. The fourth-order valence-electron chi connectivity index (χ4n) is 3.44. The van der Waals surface area contributed by atoms with Gasteiger partial charge in [-0.3, -0.25) is 19.4 Å². The number of rotatable bonds is 7. The van der Waals surface area contributed by atoms with Gasteiger partial charge in [-0.25, -0.2) is 0 Å². The van der Waals surface area contributed by atoms with E-state index < -0.39 is 0 Å². The molecule has 174 valence electrons. The van der Waals surface area contributed by atoms with Crippen LogP contribution in [0.4, 0.5) is 0 Å². The van der Waals surface area contributed by atoms with Gasteiger partial charge in [-0.15, -0.1) is 0 Å². The van der Waals surface area contributed by atoms with E-state index in [2.05, 4.69) is 0 Å². The van der Waals surface area contributed by atoms with Gasteiger partial charge in [0.05, 0.1) is 24.0 Å². The molecule has 6 nitrogen and oxygen atoms in total. The van der Waals surface area contributed by atoms with E-state index in [1.165, 1.54) is 33.3 Å². The van der Waals surface area contributed by atoms with Crippen LogP contribution in [0.1, 0.15) is 11.1 Å². The molecule has 2 aromatic carbocycles. The minimum Gasteiger partial charge on any atom is -0.496 e. The summed E-state index contributed by atoms with van der Waals surface area (Å²) in [5.74, 6) is 0.950. The third-order valence-electron chi connectivity index (χ3n) is 5.15. The number of hydrogen-bond donors (Lipinski definition) is 0. The molecule has 2 saturated heterocycles. The number of thiocarbonyl (C=S) groups is 2. The van der Waals surface area contributed by atoms with Crippen molar-refractivity contribution in [2.75, 3.05) is 27.3 Å². The highest BCUT2D eigenvalue weighted by atomic mass is 32.2. The number of ether oxygens (including phenoxy) is 2. The van der Waals surface area contributed by atoms with Crippen molar-refractivity contribution in [3.05, 3.63) is 69.5 Å². The first-order chi connectivity index (χ1) is 16.4. The zero-order valence-corrected chi connectivity index (χ0v) is 21.6. The van der Waals surface area contributed by atoms with Gasteiger partial charge in [0.25, 0.3) is 11.8 Å². The van der Waals surface area contributed by atoms with Crippen LogP contribution in [-0.4, -0.2) is 57.6 Å². The lowest BCUT2D eigenvalue weighted by Crippen LogP contribution is -2.39. The zero-order chi connectivity index (χ0) is 24.2. The van der Waals surface area contributed by atoms with Crippen LogP contribution < -0.4 is 9.47 Å². The van der Waals surface area contributed by atoms with Gasteiger partial charge in [0, 0.05) is 24.2 Å². The average Bonchev–Trinajstić information content (AvgIpc) is 3.26. The second-order valence-electron chi connectivity index (χ2n) is 7.15. The summed E-state index contributed by atoms with van der Waals surface area (Å²) in [4.78, 5) is 30.0. The lowest BCUT2D eigenvalue weighted by Gasteiger charge is -2.19. The van der Waals surface area contributed by atoms with Crippen LogP contribution in [0.3, 0.4) is 0 Å². The van der Waals surface area contributed by atoms with E-state index in [1.54, 1.807) is 26.4 Å². The second-order valence-corrected chi connectivity index (χ2v) is 10.5. The highest BCUT2D eigenvalue weighted by Gasteiger charge is 2.36. The van der Waals surface area contributed by atoms with Crippen molar-refractivity contribution in [2.45, 2.75) is 0 Å². The predicted octanol–water partition coefficient (Wildman–Crippen LogP) is 4.81. The number of carbonyl (C=O) groups excluding carboxylic acids is 2. The molecule has 0 atom stereocenters. The Bertz CT molecular complexity index is 1150. The number of nitrogens with zero attached hydrogens (tertiary/aromatic N) is 2. The third-order valence-corrected chi connectivity index (χ3v) is 7.90. The molecule has 0 N–H and O–H groups in total. The quantitative estimate of drug-likeness (QED) is 0.375. The van der Waals surface area contributed by atoms with E-state index in [9.17, 15) is 9.59 Å². The number of para-hydroxylation sites is 2. The van der Waals surface area contributed by atoms with Crippen molar-refractivity contribution in [3.8, 4) is 11.5 Å². The molecule has 2 aliphatic rings. The van der Waals surface area contributed by atoms with E-state index in [0.717, 1.165) is 11.1 Å². The molecule has 2 heterocycles. The average molecular weight is 529 g/mol. The number of hydrogen-bond acceptors (Lipinski definition) is 8. The fraction of sp³-hybridized carbons (Fsp3) is 0.167. The highest BCUT2D eigenvalue weighted by molar-refractivity contribution is 8.27. The molecule has 10 heteroatoms. The normalized spacial score (nSPS) is 18.5. The molecule has 34 heavy (non-hydrogen) atoms. The molecular formula is C24H20N2O4S4. The molecule has 4 rings (SSSR count). The molecule has 2 aromatic rings. The maximum absolute atomic E-state index is 13.0. The van der Waals surface area contributed by atoms with Gasteiger partial charge in [-0.2, -0.15) is 0 Å². The number of methoxy groups -OCH3 is 2. The smallest absolute Gasteiger partial charge is 0.266 e. The fourth-order valence-corrected chi connectivity index (χ4v) is 6.04. The van der Waals surface area contributed by atoms with Crippen molar-refractivity contribution in [1.82, 2.24) is 9.80 Å². The van der Waals surface area contributed by atoms with Gasteiger partial charge in [0.15, 0.2) is 0 Å². The third kappa shape index (κ3) is 5.05. The Kier molecular flexibility index (Phi) is 7.72. The summed E-state index contributed by atoms with van der Waals surface area (Å²) in [5.41, 5.74) is 1.59. The molecule has 0 saturated carbocycles. The largest absolute Gasteiger partial charge is 0.496 e. The predicted molar refractivity (Wildman–Crippen MR) is 146 cm³/mol. The van der Waals surface area contributed by atoms with E-state index in [-0.39, 0.29) is 24.9 Å². The zero-order valence-electron chi connectivity index (χ0n) is 18.3. The number of benzene rings is 2. The lowest BCUT2D eigenvalue weighted by atomic mass is 10.2. The summed E-state index contributed by atoms with van der Waals surface area (Å²) in [6, 6.07) is 14.9. The van der Waals surface area contributed by atoms with Crippen molar-refractivity contribution in [1.29, 1.82) is 0 Å². The molecule has 2 fully saturated rings. The van der Waals surface area contributed by atoms with Gasteiger partial charge in [0.1, 0.15) is 20.1 Å². The molecule has 0 spiro atoms. The maximum atomic E-state index is 13.0. The monoisotopic (exact) mass is 528 g/mol. The molecule has 0 aliphatic carbocycles. The summed E-state index contributed by atoms with van der Waals surface area (Å²) in [7, 11) is 3.17. The summed E-state index contributed by atoms with van der Waals surface area (Å²) in [6.07, 6.45) is 3.54. The number of thioether (sulfide) groups is 2. The first kappa shape index (κ1) is 24.5. The Balaban J connectivity index is 1.46. The summed E-state index contributed by atoms with van der Waals surface area (Å²) in [5, 5.41) is 0. The molecule has 0 radical (unpaired) electrons. The second kappa shape index (κ2) is 10.7. The van der Waals surface area contributed by atoms with E-state index in [4.69, 9.17) is 33.9 Å². The standard InChI is InChI=1S/C24H20N2O4S4/c1-29-17-9-5-3-7-15(17)13-19-21(27)25(23(31)33-19)11-12-26-22(28)20(34-24(26)32)14-16-8-4-6-10-18(16)30-2/h3-10,13-14H,11-12H2,1-2H3/b19-13-,20-14-. The van der Waals surface area contributed by atoms with Crippen LogP contribution in [0.15, 0.2) is 58.3 Å². The van der Waals surface area contributed by atoms with Crippen molar-refractivity contribution in [3.63, 3.8) is 0 Å². The first-order valence-electron chi connectivity index (χ1n) is 10.2. The Hall–Kier alpha value is -2.66. The number of carbonyl (C=O) groups is 2. The Morgan fingerprint density at radius 1 is 0.735 bits per heavy atom. The Morgan fingerprint density at radius 3 is 1.50 bits per heavy atom. The van der Waals surface area contributed by atoms with Gasteiger partial charge in [-0.1, -0.05) is 84.4 Å². The van der Waals surface area contributed by atoms with Crippen LogP contribution in [0.25, 0.3) is 12.2 Å². The summed E-state index contributed by atoms with van der Waals surface area (Å²) >= 11 is 13.3. The lowest BCUT2D eigenvalue weighted by molar-refractivity contribution is -0.125. The van der Waals surface area contributed by atoms with Gasteiger partial charge in [-0.05, 0) is 24.3 Å². The Labute approximate surface area is 217 Å². The van der Waals surface area contributed by atoms with E-state index in [1.807, 2.05) is 48.5 Å².